The number of likely N-dealkylation sites (tertiary alicyclic amines) is 1. The van der Waals surface area contributed by atoms with E-state index < -0.39 is 5.60 Å². The summed E-state index contributed by atoms with van der Waals surface area (Å²) >= 11 is 3.38. The lowest BCUT2D eigenvalue weighted by atomic mass is 10.2. The summed E-state index contributed by atoms with van der Waals surface area (Å²) in [5, 5.41) is 0. The van der Waals surface area contributed by atoms with Crippen molar-refractivity contribution in [2.45, 2.75) is 38.8 Å². The lowest BCUT2D eigenvalue weighted by molar-refractivity contribution is 0.0289. The van der Waals surface area contributed by atoms with E-state index in [0.717, 1.165) is 9.99 Å². The molecule has 0 saturated carbocycles. The molecule has 1 aliphatic heterocycles. The maximum Gasteiger partial charge on any atom is 0.410 e. The van der Waals surface area contributed by atoms with Crippen LogP contribution in [0.5, 0.6) is 0 Å². The SMILES string of the molecule is CC(C)(C)OC(=O)N1CCC(n2c(=O)[nH]c3ncc(Br)cc32)C1. The number of imidazole rings is 1. The summed E-state index contributed by atoms with van der Waals surface area (Å²) in [5.41, 5.74) is 0.553. The second kappa shape index (κ2) is 5.67. The molecule has 1 amide bonds. The third-order valence-corrected chi connectivity index (χ3v) is 4.15. The summed E-state index contributed by atoms with van der Waals surface area (Å²) in [6.07, 6.45) is 2.01. The van der Waals surface area contributed by atoms with Crippen molar-refractivity contribution < 1.29 is 9.53 Å². The van der Waals surface area contributed by atoms with Crippen molar-refractivity contribution in [3.63, 3.8) is 0 Å². The second-order valence-electron chi connectivity index (χ2n) is 6.69. The number of fused-ring (bicyclic) bond motifs is 1. The minimum Gasteiger partial charge on any atom is -0.444 e. The van der Waals surface area contributed by atoms with Gasteiger partial charge < -0.3 is 9.64 Å². The third kappa shape index (κ3) is 3.26. The zero-order valence-corrected chi connectivity index (χ0v) is 14.9. The molecule has 0 radical (unpaired) electrons. The number of aromatic amines is 1. The summed E-state index contributed by atoms with van der Waals surface area (Å²) in [5.74, 6) is 0. The number of carbonyl (C=O) groups is 1. The van der Waals surface area contributed by atoms with Crippen LogP contribution in [0.2, 0.25) is 0 Å². The average molecular weight is 383 g/mol. The molecule has 1 unspecified atom stereocenters. The van der Waals surface area contributed by atoms with E-state index in [0.29, 0.717) is 25.2 Å². The number of nitrogens with one attached hydrogen (secondary N) is 1. The molecular weight excluding hydrogens is 364 g/mol. The zero-order chi connectivity index (χ0) is 16.8. The third-order valence-electron chi connectivity index (χ3n) is 3.72. The van der Waals surface area contributed by atoms with Crippen LogP contribution in [0.1, 0.15) is 33.2 Å². The first-order valence-corrected chi connectivity index (χ1v) is 8.27. The molecule has 1 aliphatic rings. The number of carbonyl (C=O) groups excluding carboxylic acids is 1. The molecule has 2 aromatic rings. The van der Waals surface area contributed by atoms with Crippen molar-refractivity contribution >= 4 is 33.2 Å². The van der Waals surface area contributed by atoms with Gasteiger partial charge in [0.1, 0.15) is 5.60 Å². The number of H-pyrrole nitrogens is 1. The maximum atomic E-state index is 12.3. The monoisotopic (exact) mass is 382 g/mol. The van der Waals surface area contributed by atoms with E-state index in [-0.39, 0.29) is 17.8 Å². The van der Waals surface area contributed by atoms with E-state index in [4.69, 9.17) is 4.74 Å². The first-order valence-electron chi connectivity index (χ1n) is 7.48. The molecular formula is C15H19BrN4O3. The molecule has 3 heterocycles. The molecule has 1 atom stereocenters. The summed E-state index contributed by atoms with van der Waals surface area (Å²) in [7, 11) is 0. The van der Waals surface area contributed by atoms with Crippen LogP contribution in [-0.2, 0) is 4.74 Å². The standard InChI is InChI=1S/C15H19BrN4O3/c1-15(2,3)23-14(22)19-5-4-10(8-19)20-11-6-9(16)7-17-12(11)18-13(20)21/h6-7,10H,4-5,8H2,1-3H3,(H,17,18,21). The highest BCUT2D eigenvalue weighted by molar-refractivity contribution is 9.10. The van der Waals surface area contributed by atoms with Gasteiger partial charge in [0.25, 0.3) is 0 Å². The normalized spacial score (nSPS) is 18.6. The van der Waals surface area contributed by atoms with Gasteiger partial charge in [0, 0.05) is 23.8 Å². The minimum atomic E-state index is -0.526. The smallest absolute Gasteiger partial charge is 0.410 e. The molecule has 0 spiro atoms. The largest absolute Gasteiger partial charge is 0.444 e. The summed E-state index contributed by atoms with van der Waals surface area (Å²) in [4.78, 5) is 33.0. The fraction of sp³-hybridized carbons (Fsp3) is 0.533. The topological polar surface area (TPSA) is 80.2 Å². The van der Waals surface area contributed by atoms with Gasteiger partial charge in [-0.3, -0.25) is 9.55 Å². The van der Waals surface area contributed by atoms with E-state index in [2.05, 4.69) is 25.9 Å². The number of hydrogen-bond acceptors (Lipinski definition) is 4. The average Bonchev–Trinajstić information content (AvgIpc) is 3.00. The zero-order valence-electron chi connectivity index (χ0n) is 13.3. The number of nitrogens with zero attached hydrogens (tertiary/aromatic N) is 3. The van der Waals surface area contributed by atoms with Gasteiger partial charge in [-0.05, 0) is 49.2 Å². The van der Waals surface area contributed by atoms with Gasteiger partial charge in [0.15, 0.2) is 5.65 Å². The first kappa shape index (κ1) is 16.0. The van der Waals surface area contributed by atoms with Crippen LogP contribution < -0.4 is 5.69 Å². The molecule has 2 aromatic heterocycles. The molecule has 1 saturated heterocycles. The lowest BCUT2D eigenvalue weighted by Gasteiger charge is -2.24. The Kier molecular flexibility index (Phi) is 3.95. The Morgan fingerprint density at radius 1 is 1.48 bits per heavy atom. The Labute approximate surface area is 141 Å². The van der Waals surface area contributed by atoms with Gasteiger partial charge in [-0.25, -0.2) is 14.6 Å². The fourth-order valence-corrected chi connectivity index (χ4v) is 3.11. The number of halogens is 1. The highest BCUT2D eigenvalue weighted by atomic mass is 79.9. The van der Waals surface area contributed by atoms with Crippen molar-refractivity contribution in [3.8, 4) is 0 Å². The maximum absolute atomic E-state index is 12.3. The van der Waals surface area contributed by atoms with Gasteiger partial charge in [-0.1, -0.05) is 0 Å². The number of ether oxygens (including phenoxy) is 1. The van der Waals surface area contributed by atoms with E-state index >= 15 is 0 Å². The predicted molar refractivity (Wildman–Crippen MR) is 89.5 cm³/mol. The Morgan fingerprint density at radius 3 is 2.91 bits per heavy atom. The van der Waals surface area contributed by atoms with Crippen molar-refractivity contribution in [2.75, 3.05) is 13.1 Å². The first-order chi connectivity index (χ1) is 10.7. The molecule has 1 fully saturated rings. The molecule has 0 aromatic carbocycles. The molecule has 8 heteroatoms. The van der Waals surface area contributed by atoms with Gasteiger partial charge in [0.2, 0.25) is 0 Å². The van der Waals surface area contributed by atoms with E-state index in [9.17, 15) is 9.59 Å². The van der Waals surface area contributed by atoms with Crippen LogP contribution in [0.25, 0.3) is 11.2 Å². The fourth-order valence-electron chi connectivity index (χ4n) is 2.79. The quantitative estimate of drug-likeness (QED) is 0.821. The second-order valence-corrected chi connectivity index (χ2v) is 7.61. The van der Waals surface area contributed by atoms with Gasteiger partial charge in [-0.2, -0.15) is 0 Å². The van der Waals surface area contributed by atoms with Gasteiger partial charge >= 0.3 is 11.8 Å². The molecule has 7 nitrogen and oxygen atoms in total. The lowest BCUT2D eigenvalue weighted by Crippen LogP contribution is -2.36. The minimum absolute atomic E-state index is 0.0835. The Morgan fingerprint density at radius 2 is 2.22 bits per heavy atom. The van der Waals surface area contributed by atoms with Crippen LogP contribution >= 0.6 is 15.9 Å². The number of rotatable bonds is 1. The summed E-state index contributed by atoms with van der Waals surface area (Å²) in [6.45, 7) is 6.54. The molecule has 1 N–H and O–H groups in total. The van der Waals surface area contributed by atoms with Crippen molar-refractivity contribution in [1.29, 1.82) is 0 Å². The number of hydrogen-bond donors (Lipinski definition) is 1. The molecule has 124 valence electrons. The van der Waals surface area contributed by atoms with Crippen LogP contribution in [0.3, 0.4) is 0 Å². The van der Waals surface area contributed by atoms with Crippen LogP contribution in [0.15, 0.2) is 21.5 Å². The highest BCUT2D eigenvalue weighted by Gasteiger charge is 2.32. The highest BCUT2D eigenvalue weighted by Crippen LogP contribution is 2.26. The van der Waals surface area contributed by atoms with Crippen LogP contribution in [-0.4, -0.2) is 44.2 Å². The Bertz CT molecular complexity index is 805. The van der Waals surface area contributed by atoms with E-state index in [1.807, 2.05) is 26.8 Å². The molecule has 0 bridgehead atoms. The molecule has 0 aliphatic carbocycles. The van der Waals surface area contributed by atoms with Crippen molar-refractivity contribution in [1.82, 2.24) is 19.4 Å². The number of aromatic nitrogens is 3. The summed E-state index contributed by atoms with van der Waals surface area (Å²) in [6, 6.07) is 1.77. The Hall–Kier alpha value is -1.83. The Balaban J connectivity index is 1.85. The van der Waals surface area contributed by atoms with Crippen molar-refractivity contribution in [2.24, 2.45) is 0 Å². The van der Waals surface area contributed by atoms with Crippen LogP contribution in [0.4, 0.5) is 4.79 Å². The van der Waals surface area contributed by atoms with Gasteiger partial charge in [0.05, 0.1) is 11.6 Å². The molecule has 23 heavy (non-hydrogen) atoms. The van der Waals surface area contributed by atoms with Crippen molar-refractivity contribution in [3.05, 3.63) is 27.2 Å². The van der Waals surface area contributed by atoms with E-state index in [1.165, 1.54) is 0 Å². The van der Waals surface area contributed by atoms with E-state index in [1.54, 1.807) is 15.7 Å². The molecule has 3 rings (SSSR count). The predicted octanol–water partition coefficient (Wildman–Crippen LogP) is 2.67. The summed E-state index contributed by atoms with van der Waals surface area (Å²) < 4.78 is 7.88. The number of amides is 1. The van der Waals surface area contributed by atoms with Crippen LogP contribution in [0, 0.1) is 0 Å². The number of pyridine rings is 1. The van der Waals surface area contributed by atoms with Gasteiger partial charge in [-0.15, -0.1) is 0 Å².